The molecule has 1 heterocycles. The molecule has 2 rings (SSSR count). The van der Waals surface area contributed by atoms with Crippen LogP contribution < -0.4 is 11.1 Å². The van der Waals surface area contributed by atoms with Gasteiger partial charge in [-0.25, -0.2) is 0 Å². The average molecular weight is 255 g/mol. The molecular weight excluding hydrogens is 230 g/mol. The number of nitrogens with zero attached hydrogens (tertiary/aromatic N) is 1. The highest BCUT2D eigenvalue weighted by atomic mass is 16.5. The van der Waals surface area contributed by atoms with E-state index in [9.17, 15) is 4.79 Å². The first-order chi connectivity index (χ1) is 8.69. The Balaban J connectivity index is 1.67. The van der Waals surface area contributed by atoms with Crippen LogP contribution in [0, 0.1) is 5.92 Å². The van der Waals surface area contributed by atoms with Crippen molar-refractivity contribution in [3.05, 3.63) is 0 Å². The minimum absolute atomic E-state index is 0.154. The first-order valence-corrected chi connectivity index (χ1v) is 6.95. The second-order valence-electron chi connectivity index (χ2n) is 5.60. The number of primary amides is 1. The topological polar surface area (TPSA) is 67.6 Å². The molecule has 1 amide bonds. The summed E-state index contributed by atoms with van der Waals surface area (Å²) in [5, 5.41) is 3.32. The van der Waals surface area contributed by atoms with E-state index in [0.717, 1.165) is 32.7 Å². The number of hydrogen-bond acceptors (Lipinski definition) is 4. The first-order valence-electron chi connectivity index (χ1n) is 6.95. The van der Waals surface area contributed by atoms with Gasteiger partial charge in [0, 0.05) is 26.2 Å². The molecule has 2 aliphatic rings. The van der Waals surface area contributed by atoms with E-state index in [2.05, 4.69) is 10.2 Å². The Bertz CT molecular complexity index is 281. The number of hydrogen-bond donors (Lipinski definition) is 2. The zero-order chi connectivity index (χ0) is 13.0. The molecule has 0 aromatic carbocycles. The van der Waals surface area contributed by atoms with E-state index >= 15 is 0 Å². The molecule has 1 aliphatic carbocycles. The molecule has 18 heavy (non-hydrogen) atoms. The number of ether oxygens (including phenoxy) is 1. The van der Waals surface area contributed by atoms with Crippen molar-refractivity contribution < 1.29 is 9.53 Å². The summed E-state index contributed by atoms with van der Waals surface area (Å²) < 4.78 is 5.19. The molecule has 3 N–H and O–H groups in total. The van der Waals surface area contributed by atoms with Crippen LogP contribution in [0.2, 0.25) is 0 Å². The monoisotopic (exact) mass is 255 g/mol. The summed E-state index contributed by atoms with van der Waals surface area (Å²) in [4.78, 5) is 13.8. The van der Waals surface area contributed by atoms with E-state index in [4.69, 9.17) is 10.5 Å². The predicted octanol–water partition coefficient (Wildman–Crippen LogP) is -0.0493. The van der Waals surface area contributed by atoms with Gasteiger partial charge in [-0.1, -0.05) is 0 Å². The number of carbonyl (C=O) groups excluding carboxylic acids is 1. The average Bonchev–Trinajstić information content (AvgIpc) is 3.04. The number of amides is 1. The van der Waals surface area contributed by atoms with E-state index in [1.807, 2.05) is 0 Å². The highest BCUT2D eigenvalue weighted by Gasteiger charge is 2.28. The van der Waals surface area contributed by atoms with Crippen molar-refractivity contribution in [2.45, 2.75) is 37.8 Å². The van der Waals surface area contributed by atoms with E-state index < -0.39 is 0 Å². The highest BCUT2D eigenvalue weighted by molar-refractivity contribution is 5.79. The van der Waals surface area contributed by atoms with Crippen molar-refractivity contribution >= 4 is 5.91 Å². The summed E-state index contributed by atoms with van der Waals surface area (Å²) in [6, 6.07) is 0.376. The smallest absolute Gasteiger partial charge is 0.234 e. The second kappa shape index (κ2) is 6.50. The van der Waals surface area contributed by atoms with Gasteiger partial charge in [0.1, 0.15) is 0 Å². The maximum Gasteiger partial charge on any atom is 0.234 e. The number of nitrogens with two attached hydrogens (primary N) is 1. The fourth-order valence-electron chi connectivity index (χ4n) is 2.64. The highest BCUT2D eigenvalue weighted by Crippen LogP contribution is 2.21. The van der Waals surface area contributed by atoms with E-state index in [0.29, 0.717) is 12.0 Å². The van der Waals surface area contributed by atoms with Crippen LogP contribution in [-0.2, 0) is 9.53 Å². The molecule has 1 saturated carbocycles. The fraction of sp³-hybridized carbons (Fsp3) is 0.923. The lowest BCUT2D eigenvalue weighted by Crippen LogP contribution is -2.44. The van der Waals surface area contributed by atoms with Crippen LogP contribution in [-0.4, -0.2) is 56.2 Å². The number of rotatable bonds is 8. The molecule has 5 heteroatoms. The molecule has 0 bridgehead atoms. The van der Waals surface area contributed by atoms with Gasteiger partial charge in [-0.2, -0.15) is 0 Å². The lowest BCUT2D eigenvalue weighted by Gasteiger charge is -2.20. The lowest BCUT2D eigenvalue weighted by atomic mass is 10.1. The largest absolute Gasteiger partial charge is 0.384 e. The Morgan fingerprint density at radius 2 is 2.28 bits per heavy atom. The van der Waals surface area contributed by atoms with E-state index in [1.165, 1.54) is 19.3 Å². The molecule has 104 valence electrons. The van der Waals surface area contributed by atoms with Crippen LogP contribution in [0.5, 0.6) is 0 Å². The molecule has 0 spiro atoms. The fourth-order valence-corrected chi connectivity index (χ4v) is 2.64. The van der Waals surface area contributed by atoms with Crippen molar-refractivity contribution in [3.63, 3.8) is 0 Å². The zero-order valence-corrected chi connectivity index (χ0v) is 11.2. The summed E-state index contributed by atoms with van der Waals surface area (Å²) in [6.45, 7) is 4.00. The first kappa shape index (κ1) is 13.8. The molecule has 0 radical (unpaired) electrons. The molecule has 0 aromatic heterocycles. The van der Waals surface area contributed by atoms with Gasteiger partial charge < -0.3 is 20.7 Å². The standard InChI is InChI=1S/C13H25N3O2/c1-18-9-10-4-6-16(8-10)7-5-12(13(14)17)15-11-2-3-11/h10-12,15H,2-9H2,1H3,(H2,14,17). The van der Waals surface area contributed by atoms with E-state index in [1.54, 1.807) is 7.11 Å². The maximum atomic E-state index is 11.4. The lowest BCUT2D eigenvalue weighted by molar-refractivity contribution is -0.120. The second-order valence-corrected chi connectivity index (χ2v) is 5.60. The van der Waals surface area contributed by atoms with Gasteiger partial charge in [0.05, 0.1) is 12.6 Å². The Labute approximate surface area is 109 Å². The summed E-state index contributed by atoms with van der Waals surface area (Å²) in [5.41, 5.74) is 5.43. The van der Waals surface area contributed by atoms with Crippen LogP contribution in [0.3, 0.4) is 0 Å². The van der Waals surface area contributed by atoms with Gasteiger partial charge in [-0.15, -0.1) is 0 Å². The van der Waals surface area contributed by atoms with Gasteiger partial charge in [0.15, 0.2) is 0 Å². The molecule has 2 unspecified atom stereocenters. The predicted molar refractivity (Wildman–Crippen MR) is 70.2 cm³/mol. The van der Waals surface area contributed by atoms with Crippen LogP contribution in [0.25, 0.3) is 0 Å². The quantitative estimate of drug-likeness (QED) is 0.638. The molecular formula is C13H25N3O2. The SMILES string of the molecule is COCC1CCN(CCC(NC2CC2)C(N)=O)C1. The van der Waals surface area contributed by atoms with Crippen LogP contribution in [0.15, 0.2) is 0 Å². The Morgan fingerprint density at radius 3 is 2.89 bits per heavy atom. The third-order valence-corrected chi connectivity index (χ3v) is 3.86. The molecule has 5 nitrogen and oxygen atoms in total. The van der Waals surface area contributed by atoms with Gasteiger partial charge in [0.2, 0.25) is 5.91 Å². The molecule has 2 atom stereocenters. The Morgan fingerprint density at radius 1 is 1.50 bits per heavy atom. The zero-order valence-electron chi connectivity index (χ0n) is 11.2. The van der Waals surface area contributed by atoms with Crippen LogP contribution in [0.1, 0.15) is 25.7 Å². The minimum Gasteiger partial charge on any atom is -0.384 e. The van der Waals surface area contributed by atoms with Gasteiger partial charge in [0.25, 0.3) is 0 Å². The van der Waals surface area contributed by atoms with Crippen molar-refractivity contribution in [3.8, 4) is 0 Å². The summed E-state index contributed by atoms with van der Waals surface area (Å²) in [5.74, 6) is 0.438. The van der Waals surface area contributed by atoms with Gasteiger partial charge in [-0.05, 0) is 38.1 Å². The van der Waals surface area contributed by atoms with Crippen LogP contribution in [0.4, 0.5) is 0 Å². The number of likely N-dealkylation sites (tertiary alicyclic amines) is 1. The Hall–Kier alpha value is -0.650. The number of carbonyl (C=O) groups is 1. The third-order valence-electron chi connectivity index (χ3n) is 3.86. The van der Waals surface area contributed by atoms with Crippen molar-refractivity contribution in [2.24, 2.45) is 11.7 Å². The van der Waals surface area contributed by atoms with E-state index in [-0.39, 0.29) is 11.9 Å². The third kappa shape index (κ3) is 4.23. The summed E-state index contributed by atoms with van der Waals surface area (Å²) >= 11 is 0. The normalized spacial score (nSPS) is 26.4. The summed E-state index contributed by atoms with van der Waals surface area (Å²) in [6.07, 6.45) is 4.39. The maximum absolute atomic E-state index is 11.4. The van der Waals surface area contributed by atoms with Gasteiger partial charge >= 0.3 is 0 Å². The summed E-state index contributed by atoms with van der Waals surface area (Å²) in [7, 11) is 1.76. The Kier molecular flexibility index (Phi) is 4.97. The van der Waals surface area contributed by atoms with Gasteiger partial charge in [-0.3, -0.25) is 4.79 Å². The molecule has 0 aromatic rings. The minimum atomic E-state index is -0.213. The van der Waals surface area contributed by atoms with Crippen molar-refractivity contribution in [1.82, 2.24) is 10.2 Å². The van der Waals surface area contributed by atoms with Crippen LogP contribution >= 0.6 is 0 Å². The molecule has 1 aliphatic heterocycles. The number of methoxy groups -OCH3 is 1. The van der Waals surface area contributed by atoms with Crippen molar-refractivity contribution in [2.75, 3.05) is 33.4 Å². The molecule has 1 saturated heterocycles. The number of nitrogens with one attached hydrogen (secondary N) is 1. The molecule has 2 fully saturated rings. The van der Waals surface area contributed by atoms with Crippen molar-refractivity contribution in [1.29, 1.82) is 0 Å².